The molecule has 3 aromatic rings. The molecule has 28 heavy (non-hydrogen) atoms. The number of amides is 1. The lowest BCUT2D eigenvalue weighted by atomic mass is 10.2. The molecule has 0 saturated heterocycles. The summed E-state index contributed by atoms with van der Waals surface area (Å²) in [6.45, 7) is 9.36. The fourth-order valence-electron chi connectivity index (χ4n) is 3.21. The molecule has 0 atom stereocenters. The van der Waals surface area contributed by atoms with E-state index in [-0.39, 0.29) is 5.91 Å². The van der Waals surface area contributed by atoms with Crippen molar-refractivity contribution in [3.05, 3.63) is 77.6 Å². The van der Waals surface area contributed by atoms with E-state index in [1.807, 2.05) is 62.1 Å². The van der Waals surface area contributed by atoms with Crippen molar-refractivity contribution in [1.29, 1.82) is 0 Å². The van der Waals surface area contributed by atoms with Gasteiger partial charge in [0.05, 0.1) is 0 Å². The molecular weight excluding hydrogens is 348 g/mol. The number of nitrogens with zero attached hydrogens (tertiary/aromatic N) is 4. The van der Waals surface area contributed by atoms with Gasteiger partial charge in [0, 0.05) is 30.7 Å². The van der Waals surface area contributed by atoms with Crippen molar-refractivity contribution in [2.45, 2.75) is 27.7 Å². The Hall–Kier alpha value is -3.21. The summed E-state index contributed by atoms with van der Waals surface area (Å²) in [4.78, 5) is 25.9. The van der Waals surface area contributed by atoms with Gasteiger partial charge < -0.3 is 9.80 Å². The van der Waals surface area contributed by atoms with E-state index in [1.165, 1.54) is 5.56 Å². The Labute approximate surface area is 166 Å². The zero-order valence-corrected chi connectivity index (χ0v) is 16.9. The van der Waals surface area contributed by atoms with E-state index >= 15 is 0 Å². The SMILES string of the molecule is CCN(C(=O)c1ccnc(N(CC)c2cccc(C)c2)n1)c1cccc(C)c1. The van der Waals surface area contributed by atoms with Crippen LogP contribution in [0.1, 0.15) is 35.5 Å². The van der Waals surface area contributed by atoms with Crippen LogP contribution in [0.5, 0.6) is 0 Å². The molecule has 1 aromatic heterocycles. The highest BCUT2D eigenvalue weighted by molar-refractivity contribution is 6.04. The Morgan fingerprint density at radius 2 is 1.54 bits per heavy atom. The van der Waals surface area contributed by atoms with Crippen LogP contribution in [-0.4, -0.2) is 29.0 Å². The fourth-order valence-corrected chi connectivity index (χ4v) is 3.21. The van der Waals surface area contributed by atoms with Gasteiger partial charge >= 0.3 is 0 Å². The molecule has 0 aliphatic rings. The van der Waals surface area contributed by atoms with E-state index < -0.39 is 0 Å². The summed E-state index contributed by atoms with van der Waals surface area (Å²) in [6.07, 6.45) is 1.65. The third kappa shape index (κ3) is 4.19. The van der Waals surface area contributed by atoms with Crippen molar-refractivity contribution < 1.29 is 4.79 Å². The van der Waals surface area contributed by atoms with Gasteiger partial charge in [-0.3, -0.25) is 4.79 Å². The molecule has 0 aliphatic heterocycles. The summed E-state index contributed by atoms with van der Waals surface area (Å²) >= 11 is 0. The molecule has 0 N–H and O–H groups in total. The molecule has 5 nitrogen and oxygen atoms in total. The molecule has 0 radical (unpaired) electrons. The van der Waals surface area contributed by atoms with Gasteiger partial charge in [0.25, 0.3) is 5.91 Å². The lowest BCUT2D eigenvalue weighted by Gasteiger charge is -2.23. The number of rotatable bonds is 6. The number of benzene rings is 2. The first-order valence-corrected chi connectivity index (χ1v) is 9.59. The van der Waals surface area contributed by atoms with Crippen molar-refractivity contribution in [3.8, 4) is 0 Å². The summed E-state index contributed by atoms with van der Waals surface area (Å²) < 4.78 is 0. The van der Waals surface area contributed by atoms with Gasteiger partial charge in [0.1, 0.15) is 5.69 Å². The van der Waals surface area contributed by atoms with Gasteiger partial charge in [-0.2, -0.15) is 0 Å². The Morgan fingerprint density at radius 1 is 0.893 bits per heavy atom. The maximum absolute atomic E-state index is 13.2. The lowest BCUT2D eigenvalue weighted by Crippen LogP contribution is -2.32. The van der Waals surface area contributed by atoms with Crippen molar-refractivity contribution in [2.75, 3.05) is 22.9 Å². The number of carbonyl (C=O) groups is 1. The number of carbonyl (C=O) groups excluding carboxylic acids is 1. The van der Waals surface area contributed by atoms with Gasteiger partial charge in [0.15, 0.2) is 0 Å². The first kappa shape index (κ1) is 19.5. The van der Waals surface area contributed by atoms with E-state index in [4.69, 9.17) is 0 Å². The second-order valence-corrected chi connectivity index (χ2v) is 6.71. The standard InChI is InChI=1S/C23H26N4O/c1-5-26(19-11-7-9-17(3)15-19)22(28)21-13-14-24-23(25-21)27(6-2)20-12-8-10-18(4)16-20/h7-16H,5-6H2,1-4H3. The Balaban J connectivity index is 1.94. The lowest BCUT2D eigenvalue weighted by molar-refractivity contribution is 0.0983. The highest BCUT2D eigenvalue weighted by Gasteiger charge is 2.20. The Morgan fingerprint density at radius 3 is 2.14 bits per heavy atom. The van der Waals surface area contributed by atoms with E-state index in [9.17, 15) is 4.79 Å². The van der Waals surface area contributed by atoms with Crippen molar-refractivity contribution in [1.82, 2.24) is 9.97 Å². The maximum atomic E-state index is 13.2. The average Bonchev–Trinajstić information content (AvgIpc) is 2.69. The minimum absolute atomic E-state index is 0.128. The third-order valence-electron chi connectivity index (χ3n) is 4.61. The molecule has 0 saturated carbocycles. The van der Waals surface area contributed by atoms with Crippen LogP contribution < -0.4 is 9.80 Å². The minimum atomic E-state index is -0.128. The first-order chi connectivity index (χ1) is 13.5. The Kier molecular flexibility index (Phi) is 6.04. The van der Waals surface area contributed by atoms with Crippen molar-refractivity contribution >= 4 is 23.2 Å². The fraction of sp³-hybridized carbons (Fsp3) is 0.261. The molecular formula is C23H26N4O. The Bertz CT molecular complexity index is 970. The highest BCUT2D eigenvalue weighted by Crippen LogP contribution is 2.24. The van der Waals surface area contributed by atoms with Gasteiger partial charge in [-0.05, 0) is 69.2 Å². The summed E-state index contributed by atoms with van der Waals surface area (Å²) in [6, 6.07) is 17.8. The average molecular weight is 374 g/mol. The molecule has 5 heteroatoms. The molecule has 1 heterocycles. The zero-order valence-electron chi connectivity index (χ0n) is 16.9. The minimum Gasteiger partial charge on any atom is -0.311 e. The highest BCUT2D eigenvalue weighted by atomic mass is 16.2. The smallest absolute Gasteiger partial charge is 0.277 e. The molecule has 1 amide bonds. The predicted octanol–water partition coefficient (Wildman–Crippen LogP) is 4.92. The second-order valence-electron chi connectivity index (χ2n) is 6.71. The van der Waals surface area contributed by atoms with Gasteiger partial charge in [-0.1, -0.05) is 24.3 Å². The van der Waals surface area contributed by atoms with Crippen molar-refractivity contribution in [3.63, 3.8) is 0 Å². The van der Waals surface area contributed by atoms with Crippen LogP contribution in [0.4, 0.5) is 17.3 Å². The molecule has 0 spiro atoms. The molecule has 144 valence electrons. The van der Waals surface area contributed by atoms with Gasteiger partial charge in [-0.15, -0.1) is 0 Å². The number of anilines is 3. The zero-order chi connectivity index (χ0) is 20.1. The number of hydrogen-bond acceptors (Lipinski definition) is 4. The van der Waals surface area contributed by atoms with Gasteiger partial charge in [0.2, 0.25) is 5.95 Å². The van der Waals surface area contributed by atoms with Crippen LogP contribution in [-0.2, 0) is 0 Å². The maximum Gasteiger partial charge on any atom is 0.277 e. The molecule has 0 bridgehead atoms. The third-order valence-corrected chi connectivity index (χ3v) is 4.61. The summed E-state index contributed by atoms with van der Waals surface area (Å²) in [5.41, 5.74) is 4.56. The van der Waals surface area contributed by atoms with E-state index in [2.05, 4.69) is 29.0 Å². The number of aryl methyl sites for hydroxylation is 2. The van der Waals surface area contributed by atoms with Gasteiger partial charge in [-0.25, -0.2) is 9.97 Å². The molecule has 0 fully saturated rings. The first-order valence-electron chi connectivity index (χ1n) is 9.59. The van der Waals surface area contributed by atoms with Crippen LogP contribution in [0.2, 0.25) is 0 Å². The van der Waals surface area contributed by atoms with Crippen LogP contribution in [0.15, 0.2) is 60.8 Å². The number of aromatic nitrogens is 2. The van der Waals surface area contributed by atoms with Crippen LogP contribution >= 0.6 is 0 Å². The quantitative estimate of drug-likeness (QED) is 0.615. The van der Waals surface area contributed by atoms with Crippen molar-refractivity contribution in [2.24, 2.45) is 0 Å². The van der Waals surface area contributed by atoms with E-state index in [0.717, 1.165) is 16.9 Å². The van der Waals surface area contributed by atoms with Crippen LogP contribution in [0, 0.1) is 13.8 Å². The molecule has 0 unspecified atom stereocenters. The monoisotopic (exact) mass is 374 g/mol. The predicted molar refractivity (Wildman–Crippen MR) is 114 cm³/mol. The second kappa shape index (κ2) is 8.65. The largest absolute Gasteiger partial charge is 0.311 e. The summed E-state index contributed by atoms with van der Waals surface area (Å²) in [5.74, 6) is 0.399. The molecule has 2 aromatic carbocycles. The van der Waals surface area contributed by atoms with E-state index in [0.29, 0.717) is 24.7 Å². The molecule has 0 aliphatic carbocycles. The summed E-state index contributed by atoms with van der Waals surface area (Å²) in [5, 5.41) is 0. The normalized spacial score (nSPS) is 10.6. The molecule has 3 rings (SSSR count). The number of hydrogen-bond donors (Lipinski definition) is 0. The van der Waals surface area contributed by atoms with Crippen LogP contribution in [0.25, 0.3) is 0 Å². The van der Waals surface area contributed by atoms with E-state index in [1.54, 1.807) is 17.2 Å². The summed E-state index contributed by atoms with van der Waals surface area (Å²) in [7, 11) is 0. The topological polar surface area (TPSA) is 49.3 Å². The van der Waals surface area contributed by atoms with Crippen LogP contribution in [0.3, 0.4) is 0 Å².